The van der Waals surface area contributed by atoms with E-state index in [0.717, 1.165) is 30.9 Å². The third-order valence-corrected chi connectivity index (χ3v) is 2.83. The molecule has 0 aliphatic rings. The van der Waals surface area contributed by atoms with E-state index in [1.807, 2.05) is 19.1 Å². The molecule has 0 spiro atoms. The van der Waals surface area contributed by atoms with E-state index in [1.165, 1.54) is 5.56 Å². The number of ether oxygens (including phenoxy) is 2. The van der Waals surface area contributed by atoms with E-state index < -0.39 is 0 Å². The second kappa shape index (κ2) is 9.43. The summed E-state index contributed by atoms with van der Waals surface area (Å²) in [6, 6.07) is 6.61. The predicted octanol–water partition coefficient (Wildman–Crippen LogP) is 3.93. The van der Waals surface area contributed by atoms with Crippen LogP contribution in [-0.2, 0) is 6.54 Å². The zero-order valence-electron chi connectivity index (χ0n) is 12.9. The summed E-state index contributed by atoms with van der Waals surface area (Å²) in [5.41, 5.74) is 1.21. The summed E-state index contributed by atoms with van der Waals surface area (Å²) in [4.78, 5) is 0. The summed E-state index contributed by atoms with van der Waals surface area (Å²) in [6.45, 7) is 12.2. The Morgan fingerprint density at radius 2 is 2.05 bits per heavy atom. The molecule has 0 aliphatic carbocycles. The molecule has 0 heterocycles. The van der Waals surface area contributed by atoms with Crippen LogP contribution in [0, 0.1) is 0 Å². The van der Waals surface area contributed by atoms with Crippen LogP contribution in [0.1, 0.15) is 39.2 Å². The summed E-state index contributed by atoms with van der Waals surface area (Å²) < 4.78 is 11.4. The first-order valence-electron chi connectivity index (χ1n) is 7.40. The van der Waals surface area contributed by atoms with Crippen molar-refractivity contribution in [2.45, 2.75) is 46.2 Å². The molecule has 1 rings (SSSR count). The summed E-state index contributed by atoms with van der Waals surface area (Å²) in [7, 11) is 0. The van der Waals surface area contributed by atoms with Crippen molar-refractivity contribution in [1.82, 2.24) is 5.32 Å². The third kappa shape index (κ3) is 6.11. The number of rotatable bonds is 10. The molecule has 3 nitrogen and oxygen atoms in total. The minimum Gasteiger partial charge on any atom is -0.490 e. The van der Waals surface area contributed by atoms with Gasteiger partial charge in [0.05, 0.1) is 13.2 Å². The van der Waals surface area contributed by atoms with Gasteiger partial charge in [0.25, 0.3) is 0 Å². The first-order valence-corrected chi connectivity index (χ1v) is 7.40. The van der Waals surface area contributed by atoms with Gasteiger partial charge in [0.1, 0.15) is 0 Å². The number of allylic oxidation sites excluding steroid dienone is 1. The molecule has 0 atom stereocenters. The molecule has 0 saturated heterocycles. The first kappa shape index (κ1) is 16.6. The molecule has 1 aromatic carbocycles. The molecule has 3 heteroatoms. The SMILES string of the molecule is C=CCCCOc1ccc(CNC(C)C)cc1OCC. The van der Waals surface area contributed by atoms with Gasteiger partial charge in [0.2, 0.25) is 0 Å². The summed E-state index contributed by atoms with van der Waals surface area (Å²) >= 11 is 0. The third-order valence-electron chi connectivity index (χ3n) is 2.83. The smallest absolute Gasteiger partial charge is 0.161 e. The highest BCUT2D eigenvalue weighted by molar-refractivity contribution is 5.43. The largest absolute Gasteiger partial charge is 0.490 e. The van der Waals surface area contributed by atoms with E-state index in [0.29, 0.717) is 19.3 Å². The van der Waals surface area contributed by atoms with Crippen LogP contribution in [0.3, 0.4) is 0 Å². The second-order valence-electron chi connectivity index (χ2n) is 5.03. The van der Waals surface area contributed by atoms with E-state index in [-0.39, 0.29) is 0 Å². The highest BCUT2D eigenvalue weighted by atomic mass is 16.5. The van der Waals surface area contributed by atoms with E-state index in [1.54, 1.807) is 0 Å². The number of benzene rings is 1. The average molecular weight is 277 g/mol. The Hall–Kier alpha value is -1.48. The maximum atomic E-state index is 5.78. The van der Waals surface area contributed by atoms with Crippen LogP contribution in [0.5, 0.6) is 11.5 Å². The van der Waals surface area contributed by atoms with Gasteiger partial charge < -0.3 is 14.8 Å². The molecule has 1 aromatic rings. The molecule has 112 valence electrons. The van der Waals surface area contributed by atoms with E-state index >= 15 is 0 Å². The van der Waals surface area contributed by atoms with Crippen molar-refractivity contribution in [3.63, 3.8) is 0 Å². The molecule has 0 saturated carbocycles. The molecule has 0 unspecified atom stereocenters. The van der Waals surface area contributed by atoms with Crippen LogP contribution in [-0.4, -0.2) is 19.3 Å². The average Bonchev–Trinajstić information content (AvgIpc) is 2.43. The van der Waals surface area contributed by atoms with Crippen molar-refractivity contribution >= 4 is 0 Å². The van der Waals surface area contributed by atoms with Crippen molar-refractivity contribution in [2.24, 2.45) is 0 Å². The standard InChI is InChI=1S/C17H27NO2/c1-5-7-8-11-20-16-10-9-15(13-18-14(3)4)12-17(16)19-6-2/h5,9-10,12,14,18H,1,6-8,11,13H2,2-4H3. The summed E-state index contributed by atoms with van der Waals surface area (Å²) in [5.74, 6) is 1.65. The monoisotopic (exact) mass is 277 g/mol. The van der Waals surface area contributed by atoms with Gasteiger partial charge in [0.15, 0.2) is 11.5 Å². The van der Waals surface area contributed by atoms with Crippen LogP contribution >= 0.6 is 0 Å². The zero-order valence-corrected chi connectivity index (χ0v) is 12.9. The Morgan fingerprint density at radius 3 is 2.70 bits per heavy atom. The van der Waals surface area contributed by atoms with Crippen LogP contribution < -0.4 is 14.8 Å². The van der Waals surface area contributed by atoms with Crippen LogP contribution in [0.2, 0.25) is 0 Å². The van der Waals surface area contributed by atoms with Gasteiger partial charge >= 0.3 is 0 Å². The van der Waals surface area contributed by atoms with Crippen molar-refractivity contribution in [3.05, 3.63) is 36.4 Å². The minimum absolute atomic E-state index is 0.473. The fraction of sp³-hybridized carbons (Fsp3) is 0.529. The Labute approximate surface area is 123 Å². The quantitative estimate of drug-likeness (QED) is 0.519. The maximum absolute atomic E-state index is 5.78. The van der Waals surface area contributed by atoms with Gasteiger partial charge in [-0.15, -0.1) is 6.58 Å². The predicted molar refractivity (Wildman–Crippen MR) is 84.5 cm³/mol. The lowest BCUT2D eigenvalue weighted by atomic mass is 10.2. The molecule has 0 radical (unpaired) electrons. The highest BCUT2D eigenvalue weighted by Crippen LogP contribution is 2.28. The Morgan fingerprint density at radius 1 is 1.25 bits per heavy atom. The van der Waals surface area contributed by atoms with Crippen molar-refractivity contribution in [1.29, 1.82) is 0 Å². The molecule has 0 aliphatic heterocycles. The first-order chi connectivity index (χ1) is 9.67. The van der Waals surface area contributed by atoms with E-state index in [2.05, 4.69) is 37.9 Å². The molecule has 0 bridgehead atoms. The number of nitrogens with one attached hydrogen (secondary N) is 1. The highest BCUT2D eigenvalue weighted by Gasteiger charge is 2.06. The number of hydrogen-bond acceptors (Lipinski definition) is 3. The fourth-order valence-corrected chi connectivity index (χ4v) is 1.78. The van der Waals surface area contributed by atoms with Crippen molar-refractivity contribution in [3.8, 4) is 11.5 Å². The van der Waals surface area contributed by atoms with Gasteiger partial charge in [-0.05, 0) is 37.5 Å². The molecule has 1 N–H and O–H groups in total. The van der Waals surface area contributed by atoms with Gasteiger partial charge in [-0.3, -0.25) is 0 Å². The lowest BCUT2D eigenvalue weighted by Gasteiger charge is -2.14. The minimum atomic E-state index is 0.473. The maximum Gasteiger partial charge on any atom is 0.161 e. The molecule has 0 amide bonds. The summed E-state index contributed by atoms with van der Waals surface area (Å²) in [5, 5.41) is 3.40. The fourth-order valence-electron chi connectivity index (χ4n) is 1.78. The van der Waals surface area contributed by atoms with Crippen molar-refractivity contribution in [2.75, 3.05) is 13.2 Å². The summed E-state index contributed by atoms with van der Waals surface area (Å²) in [6.07, 6.45) is 3.86. The molecule has 0 aromatic heterocycles. The van der Waals surface area contributed by atoms with Gasteiger partial charge in [-0.2, -0.15) is 0 Å². The molecule has 0 fully saturated rings. The lowest BCUT2D eigenvalue weighted by Crippen LogP contribution is -2.21. The van der Waals surface area contributed by atoms with Gasteiger partial charge in [0, 0.05) is 12.6 Å². The van der Waals surface area contributed by atoms with Gasteiger partial charge in [-0.25, -0.2) is 0 Å². The second-order valence-corrected chi connectivity index (χ2v) is 5.03. The Balaban J connectivity index is 2.65. The van der Waals surface area contributed by atoms with Crippen LogP contribution in [0.4, 0.5) is 0 Å². The Kier molecular flexibility index (Phi) is 7.81. The Bertz CT molecular complexity index is 402. The van der Waals surface area contributed by atoms with Crippen LogP contribution in [0.15, 0.2) is 30.9 Å². The topological polar surface area (TPSA) is 30.5 Å². The lowest BCUT2D eigenvalue weighted by molar-refractivity contribution is 0.274. The zero-order chi connectivity index (χ0) is 14.8. The van der Waals surface area contributed by atoms with E-state index in [4.69, 9.17) is 9.47 Å². The molecule has 20 heavy (non-hydrogen) atoms. The molecular weight excluding hydrogens is 250 g/mol. The van der Waals surface area contributed by atoms with E-state index in [9.17, 15) is 0 Å². The van der Waals surface area contributed by atoms with Crippen LogP contribution in [0.25, 0.3) is 0 Å². The van der Waals surface area contributed by atoms with Crippen molar-refractivity contribution < 1.29 is 9.47 Å². The molecular formula is C17H27NO2. The number of unbranched alkanes of at least 4 members (excludes halogenated alkanes) is 1. The van der Waals surface area contributed by atoms with Gasteiger partial charge in [-0.1, -0.05) is 26.0 Å². The normalized spacial score (nSPS) is 10.6. The number of hydrogen-bond donors (Lipinski definition) is 1.